The molecule has 0 radical (unpaired) electrons. The second-order valence-corrected chi connectivity index (χ2v) is 4.02. The minimum absolute atomic E-state index is 0.138. The highest BCUT2D eigenvalue weighted by atomic mass is 19.1. The number of anilines is 1. The zero-order chi connectivity index (χ0) is 13.1. The van der Waals surface area contributed by atoms with Crippen molar-refractivity contribution in [1.82, 2.24) is 9.88 Å². The summed E-state index contributed by atoms with van der Waals surface area (Å²) in [6, 6.07) is 7.54. The maximum atomic E-state index is 12.9. The second-order valence-electron chi connectivity index (χ2n) is 4.02. The Morgan fingerprint density at radius 2 is 2.22 bits per heavy atom. The van der Waals surface area contributed by atoms with Gasteiger partial charge < -0.3 is 15.6 Å². The highest BCUT2D eigenvalue weighted by Gasteiger charge is 2.10. The first kappa shape index (κ1) is 12.2. The number of nitrogen functional groups attached to an aromatic ring is 1. The molecule has 3 N–H and O–H groups in total. The van der Waals surface area contributed by atoms with Crippen molar-refractivity contribution in [1.29, 1.82) is 0 Å². The standard InChI is InChI=1S/C13H14FN3O/c1-17-6-2-3-10(17)8-16-13(18)11-5-4-9(14)7-12(11)15/h2-7H,8,15H2,1H3,(H,16,18). The third kappa shape index (κ3) is 2.51. The number of rotatable bonds is 3. The molecule has 0 spiro atoms. The number of halogens is 1. The molecule has 1 aromatic heterocycles. The van der Waals surface area contributed by atoms with Crippen LogP contribution in [0.5, 0.6) is 0 Å². The van der Waals surface area contributed by atoms with Gasteiger partial charge in [-0.15, -0.1) is 0 Å². The number of aromatic nitrogens is 1. The second kappa shape index (κ2) is 4.91. The number of nitrogens with two attached hydrogens (primary N) is 1. The first-order chi connectivity index (χ1) is 8.58. The van der Waals surface area contributed by atoms with Crippen LogP contribution in [0.2, 0.25) is 0 Å². The Hall–Kier alpha value is -2.30. The van der Waals surface area contributed by atoms with E-state index >= 15 is 0 Å². The molecule has 0 aliphatic heterocycles. The summed E-state index contributed by atoms with van der Waals surface area (Å²) in [5, 5.41) is 2.74. The van der Waals surface area contributed by atoms with Crippen LogP contribution in [0.25, 0.3) is 0 Å². The van der Waals surface area contributed by atoms with Crippen molar-refractivity contribution >= 4 is 11.6 Å². The lowest BCUT2D eigenvalue weighted by Gasteiger charge is -2.08. The topological polar surface area (TPSA) is 60.0 Å². The van der Waals surface area contributed by atoms with Crippen molar-refractivity contribution in [3.05, 3.63) is 53.6 Å². The molecule has 0 aliphatic rings. The van der Waals surface area contributed by atoms with Gasteiger partial charge in [-0.3, -0.25) is 4.79 Å². The van der Waals surface area contributed by atoms with Crippen LogP contribution >= 0.6 is 0 Å². The SMILES string of the molecule is Cn1cccc1CNC(=O)c1ccc(F)cc1N. The number of nitrogens with one attached hydrogen (secondary N) is 1. The van der Waals surface area contributed by atoms with Crippen molar-refractivity contribution in [2.24, 2.45) is 7.05 Å². The Kier molecular flexibility index (Phi) is 3.32. The molecular formula is C13H14FN3O. The summed E-state index contributed by atoms with van der Waals surface area (Å²) in [4.78, 5) is 11.9. The zero-order valence-electron chi connectivity index (χ0n) is 9.98. The molecule has 1 amide bonds. The summed E-state index contributed by atoms with van der Waals surface area (Å²) in [6.45, 7) is 0.402. The first-order valence-electron chi connectivity index (χ1n) is 5.51. The Morgan fingerprint density at radius 3 is 2.83 bits per heavy atom. The molecule has 0 bridgehead atoms. The third-order valence-electron chi connectivity index (χ3n) is 2.74. The van der Waals surface area contributed by atoms with Gasteiger partial charge in [-0.1, -0.05) is 0 Å². The molecular weight excluding hydrogens is 233 g/mol. The number of carbonyl (C=O) groups excluding carboxylic acids is 1. The average molecular weight is 247 g/mol. The Bertz CT molecular complexity index is 577. The third-order valence-corrected chi connectivity index (χ3v) is 2.74. The average Bonchev–Trinajstić information content (AvgIpc) is 2.72. The predicted octanol–water partition coefficient (Wildman–Crippen LogP) is 1.68. The molecule has 1 heterocycles. The highest BCUT2D eigenvalue weighted by molar-refractivity contribution is 5.99. The molecule has 18 heavy (non-hydrogen) atoms. The van der Waals surface area contributed by atoms with E-state index in [1.54, 1.807) is 0 Å². The van der Waals surface area contributed by atoms with Gasteiger partial charge in [-0.25, -0.2) is 4.39 Å². The number of hydrogen-bond donors (Lipinski definition) is 2. The maximum absolute atomic E-state index is 12.9. The number of aryl methyl sites for hydroxylation is 1. The molecule has 0 saturated heterocycles. The molecule has 5 heteroatoms. The van der Waals surface area contributed by atoms with Crippen LogP contribution in [0, 0.1) is 5.82 Å². The lowest BCUT2D eigenvalue weighted by Crippen LogP contribution is -2.24. The predicted molar refractivity (Wildman–Crippen MR) is 67.4 cm³/mol. The number of amides is 1. The molecule has 2 rings (SSSR count). The van der Waals surface area contributed by atoms with Crippen LogP contribution < -0.4 is 11.1 Å². The van der Waals surface area contributed by atoms with Gasteiger partial charge >= 0.3 is 0 Å². The van der Waals surface area contributed by atoms with Gasteiger partial charge in [0.25, 0.3) is 5.91 Å². The Balaban J connectivity index is 2.06. The molecule has 1 aromatic carbocycles. The monoisotopic (exact) mass is 247 g/mol. The van der Waals surface area contributed by atoms with Gasteiger partial charge in [0.2, 0.25) is 0 Å². The highest BCUT2D eigenvalue weighted by Crippen LogP contribution is 2.13. The zero-order valence-corrected chi connectivity index (χ0v) is 9.98. The van der Waals surface area contributed by atoms with Crippen LogP contribution in [0.15, 0.2) is 36.5 Å². The fourth-order valence-electron chi connectivity index (χ4n) is 1.69. The van der Waals surface area contributed by atoms with Crippen molar-refractivity contribution in [3.8, 4) is 0 Å². The molecule has 0 atom stereocenters. The van der Waals surface area contributed by atoms with Gasteiger partial charge in [0.15, 0.2) is 0 Å². The quantitative estimate of drug-likeness (QED) is 0.811. The lowest BCUT2D eigenvalue weighted by molar-refractivity contribution is 0.0951. The fraction of sp³-hybridized carbons (Fsp3) is 0.154. The van der Waals surface area contributed by atoms with Crippen LogP contribution in [0.1, 0.15) is 16.1 Å². The van der Waals surface area contributed by atoms with E-state index in [0.717, 1.165) is 11.8 Å². The van der Waals surface area contributed by atoms with Crippen LogP contribution in [-0.2, 0) is 13.6 Å². The minimum atomic E-state index is -0.452. The van der Waals surface area contributed by atoms with E-state index in [9.17, 15) is 9.18 Å². The molecule has 0 fully saturated rings. The summed E-state index contributed by atoms with van der Waals surface area (Å²) < 4.78 is 14.8. The first-order valence-corrected chi connectivity index (χ1v) is 5.51. The van der Waals surface area contributed by atoms with Crippen LogP contribution in [0.4, 0.5) is 10.1 Å². The number of hydrogen-bond acceptors (Lipinski definition) is 2. The van der Waals surface area contributed by atoms with Gasteiger partial charge in [0, 0.05) is 24.6 Å². The van der Waals surface area contributed by atoms with Gasteiger partial charge in [-0.2, -0.15) is 0 Å². The molecule has 0 saturated carbocycles. The van der Waals surface area contributed by atoms with Crippen LogP contribution in [-0.4, -0.2) is 10.5 Å². The smallest absolute Gasteiger partial charge is 0.253 e. The largest absolute Gasteiger partial charge is 0.398 e. The van der Waals surface area contributed by atoms with Gasteiger partial charge in [-0.05, 0) is 30.3 Å². The summed E-state index contributed by atoms with van der Waals surface area (Å²) in [5.74, 6) is -0.764. The van der Waals surface area contributed by atoms with E-state index in [4.69, 9.17) is 5.73 Å². The van der Waals surface area contributed by atoms with Crippen molar-refractivity contribution in [2.45, 2.75) is 6.54 Å². The van der Waals surface area contributed by atoms with Gasteiger partial charge in [0.05, 0.1) is 12.1 Å². The van der Waals surface area contributed by atoms with E-state index in [1.165, 1.54) is 12.1 Å². The number of nitrogens with zero attached hydrogens (tertiary/aromatic N) is 1. The Labute approximate surface area is 104 Å². The van der Waals surface area contributed by atoms with E-state index in [-0.39, 0.29) is 17.2 Å². The molecule has 0 aliphatic carbocycles. The number of benzene rings is 1. The van der Waals surface area contributed by atoms with E-state index < -0.39 is 5.82 Å². The molecule has 2 aromatic rings. The molecule has 94 valence electrons. The van der Waals surface area contributed by atoms with Gasteiger partial charge in [0.1, 0.15) is 5.82 Å². The number of carbonyl (C=O) groups is 1. The molecule has 0 unspecified atom stereocenters. The minimum Gasteiger partial charge on any atom is -0.398 e. The summed E-state index contributed by atoms with van der Waals surface area (Å²) >= 11 is 0. The van der Waals surface area contributed by atoms with E-state index in [1.807, 2.05) is 29.9 Å². The summed E-state index contributed by atoms with van der Waals surface area (Å²) in [6.07, 6.45) is 1.90. The molecule has 4 nitrogen and oxygen atoms in total. The van der Waals surface area contributed by atoms with E-state index in [2.05, 4.69) is 5.32 Å². The normalized spacial score (nSPS) is 10.3. The Morgan fingerprint density at radius 1 is 1.44 bits per heavy atom. The summed E-state index contributed by atoms with van der Waals surface area (Å²) in [7, 11) is 1.90. The lowest BCUT2D eigenvalue weighted by atomic mass is 10.1. The van der Waals surface area contributed by atoms with Crippen molar-refractivity contribution in [3.63, 3.8) is 0 Å². The van der Waals surface area contributed by atoms with Crippen molar-refractivity contribution < 1.29 is 9.18 Å². The van der Waals surface area contributed by atoms with Crippen LogP contribution in [0.3, 0.4) is 0 Å². The fourth-order valence-corrected chi connectivity index (χ4v) is 1.69. The van der Waals surface area contributed by atoms with E-state index in [0.29, 0.717) is 6.54 Å². The van der Waals surface area contributed by atoms with Crippen molar-refractivity contribution in [2.75, 3.05) is 5.73 Å². The summed E-state index contributed by atoms with van der Waals surface area (Å²) in [5.41, 5.74) is 6.99. The maximum Gasteiger partial charge on any atom is 0.253 e.